The number of rotatable bonds is 3. The summed E-state index contributed by atoms with van der Waals surface area (Å²) in [5, 5.41) is 24.0. The van der Waals surface area contributed by atoms with Gasteiger partial charge < -0.3 is 24.8 Å². The molecule has 3 atom stereocenters. The third-order valence-corrected chi connectivity index (χ3v) is 7.81. The average Bonchev–Trinajstić information content (AvgIpc) is 3.24. The summed E-state index contributed by atoms with van der Waals surface area (Å²) in [6.07, 6.45) is 0.861. The lowest BCUT2D eigenvalue weighted by molar-refractivity contribution is -0.172. The van der Waals surface area contributed by atoms with Gasteiger partial charge in [0.25, 0.3) is 5.56 Å². The Labute approximate surface area is 205 Å². The van der Waals surface area contributed by atoms with E-state index in [0.717, 1.165) is 5.56 Å². The minimum Gasteiger partial charge on any atom is -0.458 e. The van der Waals surface area contributed by atoms with Crippen molar-refractivity contribution in [3.63, 3.8) is 0 Å². The summed E-state index contributed by atoms with van der Waals surface area (Å²) in [4.78, 5) is 43.0. The summed E-state index contributed by atoms with van der Waals surface area (Å²) in [6.45, 7) is 1.19. The number of halogens is 1. The van der Waals surface area contributed by atoms with E-state index < -0.39 is 41.5 Å². The van der Waals surface area contributed by atoms with E-state index >= 15 is 0 Å². The van der Waals surface area contributed by atoms with Crippen LogP contribution in [0.1, 0.15) is 60.6 Å². The Morgan fingerprint density at radius 2 is 2.14 bits per heavy atom. The van der Waals surface area contributed by atoms with Crippen LogP contribution in [0.5, 0.6) is 0 Å². The number of amides is 1. The molecule has 6 rings (SSSR count). The van der Waals surface area contributed by atoms with E-state index in [9.17, 15) is 29.0 Å². The molecule has 9 nitrogen and oxygen atoms in total. The van der Waals surface area contributed by atoms with E-state index in [1.54, 1.807) is 19.9 Å². The Kier molecular flexibility index (Phi) is 4.62. The van der Waals surface area contributed by atoms with Crippen molar-refractivity contribution in [2.45, 2.75) is 57.9 Å². The van der Waals surface area contributed by atoms with Gasteiger partial charge in [-0.1, -0.05) is 6.92 Å². The fourth-order valence-electron chi connectivity index (χ4n) is 5.91. The number of carbonyl (C=O) groups is 2. The summed E-state index contributed by atoms with van der Waals surface area (Å²) in [7, 11) is 0. The van der Waals surface area contributed by atoms with Crippen molar-refractivity contribution in [1.29, 1.82) is 0 Å². The molecule has 0 spiro atoms. The second-order valence-electron chi connectivity index (χ2n) is 9.54. The van der Waals surface area contributed by atoms with Crippen LogP contribution in [0.2, 0.25) is 0 Å². The molecule has 36 heavy (non-hydrogen) atoms. The van der Waals surface area contributed by atoms with Gasteiger partial charge >= 0.3 is 5.97 Å². The molecule has 1 amide bonds. The SMILES string of the molecule is [2H]C(O)C(=O)N[C@@H]1CCc2c(C)c(F)cc3nc4c(c1c23)Cn1c-4cc2c(c1=O)COC(=O)[C@]2(O)CC. The van der Waals surface area contributed by atoms with Gasteiger partial charge in [0.15, 0.2) is 5.60 Å². The number of hydrogen-bond donors (Lipinski definition) is 3. The highest BCUT2D eigenvalue weighted by atomic mass is 19.1. The average molecular weight is 494 g/mol. The predicted octanol–water partition coefficient (Wildman–Crippen LogP) is 1.62. The predicted molar refractivity (Wildman–Crippen MR) is 126 cm³/mol. The Hall–Kier alpha value is -3.63. The maximum atomic E-state index is 14.9. The summed E-state index contributed by atoms with van der Waals surface area (Å²) >= 11 is 0. The fraction of sp³-hybridized carbons (Fsp3) is 0.385. The number of pyridine rings is 2. The van der Waals surface area contributed by atoms with E-state index in [0.29, 0.717) is 51.8 Å². The highest BCUT2D eigenvalue weighted by Gasteiger charge is 2.46. The number of carbonyl (C=O) groups excluding carboxylic acids is 2. The molecular formula is C26H24FN3O6. The van der Waals surface area contributed by atoms with Crippen LogP contribution < -0.4 is 10.9 Å². The zero-order chi connectivity index (χ0) is 26.4. The second kappa shape index (κ2) is 7.68. The molecule has 3 aromatic rings. The number of aromatic nitrogens is 2. The maximum Gasteiger partial charge on any atom is 0.343 e. The lowest BCUT2D eigenvalue weighted by atomic mass is 9.81. The molecule has 0 fully saturated rings. The van der Waals surface area contributed by atoms with Gasteiger partial charge in [0.1, 0.15) is 19.0 Å². The van der Waals surface area contributed by atoms with Crippen molar-refractivity contribution in [2.24, 2.45) is 0 Å². The smallest absolute Gasteiger partial charge is 0.343 e. The van der Waals surface area contributed by atoms with E-state index in [-0.39, 0.29) is 30.7 Å². The molecule has 186 valence electrons. The quantitative estimate of drug-likeness (QED) is 0.369. The molecule has 0 radical (unpaired) electrons. The van der Waals surface area contributed by atoms with Gasteiger partial charge in [-0.2, -0.15) is 0 Å². The first-order valence-corrected chi connectivity index (χ1v) is 11.8. The van der Waals surface area contributed by atoms with Crippen LogP contribution in [0, 0.1) is 12.7 Å². The Balaban J connectivity index is 1.65. The molecule has 10 heteroatoms. The molecule has 0 saturated heterocycles. The number of aliphatic hydroxyl groups excluding tert-OH is 1. The van der Waals surface area contributed by atoms with Gasteiger partial charge in [-0.15, -0.1) is 0 Å². The van der Waals surface area contributed by atoms with E-state index in [4.69, 9.17) is 11.1 Å². The third-order valence-electron chi connectivity index (χ3n) is 7.81. The first kappa shape index (κ1) is 21.6. The molecule has 0 bridgehead atoms. The minimum atomic E-state index is -1.98. The number of nitrogens with one attached hydrogen (secondary N) is 1. The van der Waals surface area contributed by atoms with E-state index in [1.165, 1.54) is 10.6 Å². The van der Waals surface area contributed by atoms with Gasteiger partial charge in [-0.3, -0.25) is 9.59 Å². The molecule has 2 aliphatic heterocycles. The Morgan fingerprint density at radius 1 is 1.36 bits per heavy atom. The van der Waals surface area contributed by atoms with E-state index in [2.05, 4.69) is 5.32 Å². The van der Waals surface area contributed by atoms with Crippen LogP contribution in [0.15, 0.2) is 16.9 Å². The number of ether oxygens (including phenoxy) is 1. The van der Waals surface area contributed by atoms with Crippen molar-refractivity contribution in [3.8, 4) is 11.4 Å². The first-order valence-electron chi connectivity index (χ1n) is 12.4. The highest BCUT2D eigenvalue weighted by molar-refractivity contribution is 5.94. The molecule has 1 unspecified atom stereocenters. The van der Waals surface area contributed by atoms with Gasteiger partial charge in [0.2, 0.25) is 5.91 Å². The summed E-state index contributed by atoms with van der Waals surface area (Å²) < 4.78 is 28.9. The molecule has 1 aliphatic carbocycles. The molecule has 0 saturated carbocycles. The molecular weight excluding hydrogens is 469 g/mol. The Bertz CT molecular complexity index is 1620. The van der Waals surface area contributed by atoms with Crippen LogP contribution in [-0.4, -0.2) is 38.2 Å². The summed E-state index contributed by atoms with van der Waals surface area (Å²) in [6, 6.07) is 2.30. The summed E-state index contributed by atoms with van der Waals surface area (Å²) in [5.41, 5.74) is 1.61. The van der Waals surface area contributed by atoms with Gasteiger partial charge in [-0.25, -0.2) is 14.2 Å². The number of hydrogen-bond acceptors (Lipinski definition) is 7. The minimum absolute atomic E-state index is 0.00237. The highest BCUT2D eigenvalue weighted by Crippen LogP contribution is 2.45. The van der Waals surface area contributed by atoms with Crippen molar-refractivity contribution in [3.05, 3.63) is 61.7 Å². The Morgan fingerprint density at radius 3 is 2.86 bits per heavy atom. The molecule has 3 aliphatic rings. The van der Waals surface area contributed by atoms with Gasteiger partial charge in [0.05, 0.1) is 36.4 Å². The van der Waals surface area contributed by atoms with Crippen LogP contribution in [0.25, 0.3) is 22.3 Å². The number of aliphatic hydroxyl groups is 2. The normalized spacial score (nSPS) is 22.9. The maximum absolute atomic E-state index is 14.9. The van der Waals surface area contributed by atoms with Crippen molar-refractivity contribution >= 4 is 22.8 Å². The zero-order valence-electron chi connectivity index (χ0n) is 20.6. The first-order chi connectivity index (χ1) is 17.6. The van der Waals surface area contributed by atoms with Crippen LogP contribution in [-0.2, 0) is 39.5 Å². The van der Waals surface area contributed by atoms with Crippen LogP contribution in [0.4, 0.5) is 4.39 Å². The molecule has 4 heterocycles. The largest absolute Gasteiger partial charge is 0.458 e. The van der Waals surface area contributed by atoms with Gasteiger partial charge in [-0.05, 0) is 48.9 Å². The zero-order valence-corrected chi connectivity index (χ0v) is 19.6. The monoisotopic (exact) mass is 494 g/mol. The van der Waals surface area contributed by atoms with Crippen molar-refractivity contribution in [2.75, 3.05) is 6.58 Å². The van der Waals surface area contributed by atoms with Crippen LogP contribution in [0.3, 0.4) is 0 Å². The lowest BCUT2D eigenvalue weighted by Crippen LogP contribution is -2.44. The number of fused-ring (bicyclic) bond motifs is 5. The summed E-state index contributed by atoms with van der Waals surface area (Å²) in [5.74, 6) is -2.11. The van der Waals surface area contributed by atoms with Gasteiger partial charge in [0, 0.05) is 22.6 Å². The molecule has 2 aromatic heterocycles. The van der Waals surface area contributed by atoms with Crippen molar-refractivity contribution in [1.82, 2.24) is 14.9 Å². The third kappa shape index (κ3) is 2.88. The number of nitrogens with zero attached hydrogens (tertiary/aromatic N) is 2. The van der Waals surface area contributed by atoms with Crippen molar-refractivity contribution < 1.29 is 30.3 Å². The van der Waals surface area contributed by atoms with Crippen LogP contribution >= 0.6 is 0 Å². The fourth-order valence-corrected chi connectivity index (χ4v) is 5.91. The molecule has 1 aromatic carbocycles. The number of cyclic esters (lactones) is 1. The number of aryl methyl sites for hydroxylation is 1. The second-order valence-corrected chi connectivity index (χ2v) is 9.54. The standard InChI is InChI=1S/C26H24FN3O6/c1-3-26(35)15-6-19-23-13(8-30(19)24(33)14(15)10-36-25(26)34)22-17(28-20(32)9-31)5-4-12-11(2)16(27)7-18(29-23)21(12)22/h6-7,17,31,35H,3-5,8-10H2,1-2H3,(H,28,32)/t17-,26+/m1/s1/i9D/t9?,17-,26+. The topological polar surface area (TPSA) is 131 Å². The molecule has 3 N–H and O–H groups in total. The number of benzene rings is 1. The van der Waals surface area contributed by atoms with E-state index in [1.807, 2.05) is 0 Å². The lowest BCUT2D eigenvalue weighted by Gasteiger charge is -2.31. The number of esters is 1.